The van der Waals surface area contributed by atoms with Gasteiger partial charge >= 0.3 is 0 Å². The van der Waals surface area contributed by atoms with Crippen LogP contribution >= 0.6 is 0 Å². The number of benzene rings is 1. The Morgan fingerprint density at radius 3 is 2.57 bits per heavy atom. The van der Waals surface area contributed by atoms with Gasteiger partial charge in [-0.2, -0.15) is 4.98 Å². The van der Waals surface area contributed by atoms with Crippen molar-refractivity contribution in [3.8, 4) is 0 Å². The Morgan fingerprint density at radius 2 is 1.83 bits per heavy atom. The first-order valence-electron chi connectivity index (χ1n) is 9.73. The molecule has 5 N–H and O–H groups in total. The number of anilines is 3. The Hall–Kier alpha value is -3.34. The van der Waals surface area contributed by atoms with Crippen LogP contribution < -0.4 is 21.3 Å². The fraction of sp³-hybridized carbons (Fsp3) is 0.316. The Balaban J connectivity index is 1.58. The minimum absolute atomic E-state index is 0.0578. The minimum atomic E-state index is -3.88. The summed E-state index contributed by atoms with van der Waals surface area (Å²) in [5, 5.41) is 0.717. The molecule has 0 radical (unpaired) electrons. The lowest BCUT2D eigenvalue weighted by Gasteiger charge is -2.41. The molecule has 10 nitrogen and oxygen atoms in total. The van der Waals surface area contributed by atoms with Crippen molar-refractivity contribution in [2.24, 2.45) is 0 Å². The number of fused-ring (bicyclic) bond motifs is 4. The van der Waals surface area contributed by atoms with Crippen molar-refractivity contribution in [2.45, 2.75) is 42.5 Å². The van der Waals surface area contributed by atoms with Crippen LogP contribution in [0, 0.1) is 0 Å². The molecule has 1 aliphatic heterocycles. The lowest BCUT2D eigenvalue weighted by Crippen LogP contribution is -2.55. The summed E-state index contributed by atoms with van der Waals surface area (Å²) in [7, 11) is -3.88. The number of nitrogens with zero attached hydrogens (tertiary/aromatic N) is 3. The van der Waals surface area contributed by atoms with E-state index in [0.717, 1.165) is 24.6 Å². The van der Waals surface area contributed by atoms with E-state index in [0.29, 0.717) is 30.0 Å². The summed E-state index contributed by atoms with van der Waals surface area (Å²) < 4.78 is 29.7. The zero-order valence-corrected chi connectivity index (χ0v) is 16.9. The molecule has 1 saturated carbocycles. The van der Waals surface area contributed by atoms with Crippen LogP contribution in [0.3, 0.4) is 0 Å². The zero-order chi connectivity index (χ0) is 20.9. The molecule has 0 atom stereocenters. The van der Waals surface area contributed by atoms with E-state index >= 15 is 0 Å². The fourth-order valence-electron chi connectivity index (χ4n) is 4.32. The van der Waals surface area contributed by atoms with Crippen molar-refractivity contribution < 1.29 is 13.2 Å². The molecule has 1 amide bonds. The average Bonchev–Trinajstić information content (AvgIpc) is 3.11. The molecule has 3 heterocycles. The number of sulfonamides is 1. The van der Waals surface area contributed by atoms with Crippen molar-refractivity contribution >= 4 is 44.4 Å². The summed E-state index contributed by atoms with van der Waals surface area (Å²) in [5.41, 5.74) is 11.6. The van der Waals surface area contributed by atoms with Crippen molar-refractivity contribution in [2.75, 3.05) is 15.9 Å². The Labute approximate surface area is 172 Å². The van der Waals surface area contributed by atoms with Crippen LogP contribution in [0.1, 0.15) is 32.1 Å². The standard InChI is InChI=1S/C19H21N7O3S/c20-13-4-6-14(7-5-13)30(28,29)25-18-21-11-12-10-15-23-24-17(27)19(8-2-1-3-9-19)26(15)16(12)22-18/h4-7,10-11,23H,1-3,8-9,20H2,(H,24,27)(H,21,22,25). The highest BCUT2D eigenvalue weighted by Gasteiger charge is 2.46. The van der Waals surface area contributed by atoms with E-state index in [1.807, 2.05) is 10.6 Å². The lowest BCUT2D eigenvalue weighted by molar-refractivity contribution is -0.131. The van der Waals surface area contributed by atoms with Gasteiger partial charge < -0.3 is 5.73 Å². The molecule has 0 bridgehead atoms. The van der Waals surface area contributed by atoms with E-state index in [-0.39, 0.29) is 16.8 Å². The van der Waals surface area contributed by atoms with Crippen molar-refractivity contribution in [3.05, 3.63) is 36.5 Å². The van der Waals surface area contributed by atoms with Gasteiger partial charge in [0.2, 0.25) is 5.95 Å². The number of nitrogens with one attached hydrogen (secondary N) is 3. The fourth-order valence-corrected chi connectivity index (χ4v) is 5.27. The molecule has 11 heteroatoms. The quantitative estimate of drug-likeness (QED) is 0.468. The van der Waals surface area contributed by atoms with Gasteiger partial charge in [0.05, 0.1) is 4.90 Å². The maximum atomic E-state index is 12.8. The van der Waals surface area contributed by atoms with E-state index in [2.05, 4.69) is 25.5 Å². The number of hydrogen-bond donors (Lipinski definition) is 4. The van der Waals surface area contributed by atoms with E-state index in [1.165, 1.54) is 24.3 Å². The van der Waals surface area contributed by atoms with Gasteiger partial charge in [0.15, 0.2) is 0 Å². The van der Waals surface area contributed by atoms with Gasteiger partial charge in [-0.25, -0.2) is 18.1 Å². The molecule has 0 saturated heterocycles. The molecule has 30 heavy (non-hydrogen) atoms. The normalized spacial score (nSPS) is 17.9. The molecule has 1 aliphatic carbocycles. The smallest absolute Gasteiger partial charge is 0.264 e. The SMILES string of the molecule is Nc1ccc(S(=O)(=O)Nc2ncc3cc4n(c3n2)C2(CCCCC2)C(=O)NN4)cc1. The second-order valence-corrected chi connectivity index (χ2v) is 9.37. The molecule has 5 rings (SSSR count). The molecule has 1 aromatic carbocycles. The number of rotatable bonds is 3. The highest BCUT2D eigenvalue weighted by molar-refractivity contribution is 7.92. The van der Waals surface area contributed by atoms with Crippen LogP contribution in [0.15, 0.2) is 41.4 Å². The van der Waals surface area contributed by atoms with Crippen molar-refractivity contribution in [1.29, 1.82) is 0 Å². The number of nitrogens with two attached hydrogens (primary N) is 1. The largest absolute Gasteiger partial charge is 0.399 e. The third kappa shape index (κ3) is 2.84. The van der Waals surface area contributed by atoms with E-state index in [1.54, 1.807) is 6.20 Å². The summed E-state index contributed by atoms with van der Waals surface area (Å²) in [6, 6.07) is 7.71. The first-order valence-corrected chi connectivity index (χ1v) is 11.2. The van der Waals surface area contributed by atoms with Crippen LogP contribution in [-0.2, 0) is 20.4 Å². The highest BCUT2D eigenvalue weighted by atomic mass is 32.2. The summed E-state index contributed by atoms with van der Waals surface area (Å²) in [4.78, 5) is 21.5. The van der Waals surface area contributed by atoms with Gasteiger partial charge in [0.1, 0.15) is 17.0 Å². The number of nitrogen functional groups attached to an aromatic ring is 1. The second-order valence-electron chi connectivity index (χ2n) is 7.68. The van der Waals surface area contributed by atoms with Crippen LogP contribution in [0.5, 0.6) is 0 Å². The number of carbonyl (C=O) groups excluding carboxylic acids is 1. The summed E-state index contributed by atoms with van der Waals surface area (Å²) in [5.74, 6) is 0.548. The Morgan fingerprint density at radius 1 is 1.10 bits per heavy atom. The van der Waals surface area contributed by atoms with Gasteiger partial charge in [-0.15, -0.1) is 0 Å². The molecule has 156 valence electrons. The summed E-state index contributed by atoms with van der Waals surface area (Å²) in [6.45, 7) is 0. The third-order valence-electron chi connectivity index (χ3n) is 5.79. The van der Waals surface area contributed by atoms with Gasteiger partial charge in [-0.3, -0.25) is 20.2 Å². The summed E-state index contributed by atoms with van der Waals surface area (Å²) in [6.07, 6.45) is 5.92. The topological polar surface area (TPSA) is 144 Å². The Kier molecular flexibility index (Phi) is 4.10. The lowest BCUT2D eigenvalue weighted by atomic mass is 9.80. The number of carbonyl (C=O) groups is 1. The number of hydrazine groups is 1. The minimum Gasteiger partial charge on any atom is -0.399 e. The average molecular weight is 427 g/mol. The van der Waals surface area contributed by atoms with Crippen LogP contribution in [-0.4, -0.2) is 28.9 Å². The van der Waals surface area contributed by atoms with Gasteiger partial charge in [-0.1, -0.05) is 19.3 Å². The molecule has 3 aromatic rings. The molecule has 2 aliphatic rings. The number of aromatic nitrogens is 3. The molecule has 1 fully saturated rings. The second kappa shape index (κ2) is 6.59. The Bertz CT molecular complexity index is 1250. The molecule has 0 unspecified atom stereocenters. The third-order valence-corrected chi connectivity index (χ3v) is 7.14. The highest BCUT2D eigenvalue weighted by Crippen LogP contribution is 2.42. The number of hydrogen-bond acceptors (Lipinski definition) is 7. The van der Waals surface area contributed by atoms with Gasteiger partial charge in [0, 0.05) is 17.3 Å². The summed E-state index contributed by atoms with van der Waals surface area (Å²) >= 11 is 0. The van der Waals surface area contributed by atoms with Gasteiger partial charge in [-0.05, 0) is 43.2 Å². The van der Waals surface area contributed by atoms with E-state index < -0.39 is 15.6 Å². The predicted octanol–water partition coefficient (Wildman–Crippen LogP) is 1.93. The first kappa shape index (κ1) is 18.7. The van der Waals surface area contributed by atoms with Crippen LogP contribution in [0.25, 0.3) is 11.0 Å². The maximum Gasteiger partial charge on any atom is 0.264 e. The van der Waals surface area contributed by atoms with Crippen LogP contribution in [0.2, 0.25) is 0 Å². The van der Waals surface area contributed by atoms with E-state index in [9.17, 15) is 13.2 Å². The van der Waals surface area contributed by atoms with Crippen molar-refractivity contribution in [1.82, 2.24) is 20.0 Å². The molecular weight excluding hydrogens is 406 g/mol. The van der Waals surface area contributed by atoms with Crippen LogP contribution in [0.4, 0.5) is 17.5 Å². The van der Waals surface area contributed by atoms with E-state index in [4.69, 9.17) is 5.73 Å². The number of amides is 1. The predicted molar refractivity (Wildman–Crippen MR) is 112 cm³/mol. The monoisotopic (exact) mass is 427 g/mol. The molecule has 1 spiro atoms. The zero-order valence-electron chi connectivity index (χ0n) is 16.1. The molecular formula is C19H21N7O3S. The molecule has 2 aromatic heterocycles. The van der Waals surface area contributed by atoms with Crippen molar-refractivity contribution in [3.63, 3.8) is 0 Å². The first-order chi connectivity index (χ1) is 14.4. The van der Waals surface area contributed by atoms with Gasteiger partial charge in [0.25, 0.3) is 15.9 Å². The maximum absolute atomic E-state index is 12.8.